The molecule has 0 unspecified atom stereocenters. The maximum atomic E-state index is 13.2. The zero-order chi connectivity index (χ0) is 24.6. The zero-order valence-electron chi connectivity index (χ0n) is 18.9. The van der Waals surface area contributed by atoms with Gasteiger partial charge < -0.3 is 9.47 Å². The molecule has 1 atom stereocenters. The van der Waals surface area contributed by atoms with Crippen molar-refractivity contribution in [2.45, 2.75) is 32.1 Å². The van der Waals surface area contributed by atoms with Crippen molar-refractivity contribution in [3.8, 4) is 22.8 Å². The molecule has 3 aromatic rings. The Labute approximate surface area is 208 Å². The van der Waals surface area contributed by atoms with Gasteiger partial charge in [0.1, 0.15) is 0 Å². The van der Waals surface area contributed by atoms with Crippen molar-refractivity contribution in [3.63, 3.8) is 0 Å². The van der Waals surface area contributed by atoms with E-state index in [4.69, 9.17) is 9.47 Å². The number of aromatic amines is 1. The minimum absolute atomic E-state index is 0.152. The van der Waals surface area contributed by atoms with E-state index in [9.17, 15) is 14.4 Å². The minimum Gasteiger partial charge on any atom is -0.490 e. The highest BCUT2D eigenvalue weighted by molar-refractivity contribution is 9.10. The number of carbonyl (C=O) groups is 2. The summed E-state index contributed by atoms with van der Waals surface area (Å²) in [5.74, 6) is -0.361. The number of H-pyrrole nitrogens is 1. The van der Waals surface area contributed by atoms with E-state index in [2.05, 4.69) is 26.0 Å². The molecule has 4 rings (SSSR count). The third-order valence-electron chi connectivity index (χ3n) is 5.16. The van der Waals surface area contributed by atoms with Crippen LogP contribution in [0.2, 0.25) is 0 Å². The smallest absolute Gasteiger partial charge is 0.325 e. The van der Waals surface area contributed by atoms with Crippen LogP contribution >= 0.6 is 27.7 Å². The molecule has 0 radical (unpaired) electrons. The predicted molar refractivity (Wildman–Crippen MR) is 130 cm³/mol. The van der Waals surface area contributed by atoms with Crippen LogP contribution in [-0.2, 0) is 9.59 Å². The highest BCUT2D eigenvalue weighted by atomic mass is 79.9. The number of para-hydroxylation sites is 1. The molecule has 34 heavy (non-hydrogen) atoms. The lowest BCUT2D eigenvalue weighted by molar-refractivity contribution is -0.763. The largest absolute Gasteiger partial charge is 0.490 e. The third-order valence-corrected chi connectivity index (χ3v) is 6.19. The van der Waals surface area contributed by atoms with Crippen LogP contribution in [0.15, 0.2) is 50.8 Å². The van der Waals surface area contributed by atoms with Crippen molar-refractivity contribution in [2.24, 2.45) is 0 Å². The number of anilines is 1. The maximum absolute atomic E-state index is 13.2. The molecule has 1 amide bonds. The van der Waals surface area contributed by atoms with Crippen LogP contribution in [0.25, 0.3) is 11.3 Å². The summed E-state index contributed by atoms with van der Waals surface area (Å²) in [5.41, 5.74) is 1.45. The van der Waals surface area contributed by atoms with Gasteiger partial charge in [-0.2, -0.15) is 0 Å². The Kier molecular flexibility index (Phi) is 6.76. The van der Waals surface area contributed by atoms with Gasteiger partial charge in [-0.1, -0.05) is 39.8 Å². The fraction of sp³-hybridized carbons (Fsp3) is 0.261. The lowest BCUT2D eigenvalue weighted by Gasteiger charge is -2.32. The highest BCUT2D eigenvalue weighted by Gasteiger charge is 2.47. The van der Waals surface area contributed by atoms with Gasteiger partial charge in [0.15, 0.2) is 11.5 Å². The first-order valence-electron chi connectivity index (χ1n) is 10.4. The number of aromatic nitrogens is 3. The van der Waals surface area contributed by atoms with Crippen molar-refractivity contribution in [1.82, 2.24) is 10.1 Å². The van der Waals surface area contributed by atoms with E-state index in [1.165, 1.54) is 35.2 Å². The molecule has 2 heterocycles. The first-order chi connectivity index (χ1) is 16.3. The van der Waals surface area contributed by atoms with E-state index in [1.54, 1.807) is 42.7 Å². The number of esters is 1. The number of carbonyl (C=O) groups excluding carboxylic acids is 2. The Morgan fingerprint density at radius 1 is 1.26 bits per heavy atom. The van der Waals surface area contributed by atoms with Crippen molar-refractivity contribution >= 4 is 45.3 Å². The average Bonchev–Trinajstić information content (AvgIpc) is 2.79. The summed E-state index contributed by atoms with van der Waals surface area (Å²) in [4.78, 5) is 42.6. The highest BCUT2D eigenvalue weighted by Crippen LogP contribution is 2.44. The number of nitrogens with one attached hydrogen (secondary N) is 1. The minimum atomic E-state index is -0.929. The predicted octanol–water partition coefficient (Wildman–Crippen LogP) is 3.45. The second-order valence-electron chi connectivity index (χ2n) is 7.39. The molecule has 0 aliphatic carbocycles. The fourth-order valence-electron chi connectivity index (χ4n) is 3.98. The number of rotatable bonds is 5. The Hall–Kier alpha value is -3.18. The SMILES string of the molecule is CCOc1cc(Br)cc([C@H]2N(C(C)=O)c3ccccc3-c3c(=O)[nH]c(SC)n[n+]32)c1OC(C)=O. The van der Waals surface area contributed by atoms with E-state index in [-0.39, 0.29) is 22.9 Å². The van der Waals surface area contributed by atoms with Crippen LogP contribution in [0.5, 0.6) is 11.5 Å². The molecule has 9 nitrogen and oxygen atoms in total. The van der Waals surface area contributed by atoms with Crippen molar-refractivity contribution in [1.29, 1.82) is 0 Å². The molecule has 1 N–H and O–H groups in total. The first kappa shape index (κ1) is 24.0. The van der Waals surface area contributed by atoms with Crippen LogP contribution in [0.3, 0.4) is 0 Å². The second kappa shape index (κ2) is 9.59. The number of nitrogens with zero attached hydrogens (tertiary/aromatic N) is 3. The van der Waals surface area contributed by atoms with Crippen LogP contribution in [0, 0.1) is 0 Å². The number of hydrogen-bond acceptors (Lipinski definition) is 7. The average molecular weight is 546 g/mol. The van der Waals surface area contributed by atoms with Crippen LogP contribution in [0.4, 0.5) is 5.69 Å². The summed E-state index contributed by atoms with van der Waals surface area (Å²) in [7, 11) is 0. The number of benzene rings is 2. The van der Waals surface area contributed by atoms with Crippen molar-refractivity contribution in [3.05, 3.63) is 56.8 Å². The van der Waals surface area contributed by atoms with Gasteiger partial charge in [-0.3, -0.25) is 19.4 Å². The Bertz CT molecular complexity index is 1360. The number of ether oxygens (including phenoxy) is 2. The molecule has 0 saturated carbocycles. The monoisotopic (exact) mass is 545 g/mol. The van der Waals surface area contributed by atoms with Crippen LogP contribution in [-0.4, -0.2) is 34.8 Å². The number of halogens is 1. The van der Waals surface area contributed by atoms with Gasteiger partial charge in [-0.05, 0) is 42.1 Å². The lowest BCUT2D eigenvalue weighted by Crippen LogP contribution is -2.60. The van der Waals surface area contributed by atoms with Gasteiger partial charge in [-0.15, -0.1) is 0 Å². The van der Waals surface area contributed by atoms with Crippen LogP contribution in [0.1, 0.15) is 32.5 Å². The lowest BCUT2D eigenvalue weighted by atomic mass is 10.0. The molecule has 1 aliphatic heterocycles. The van der Waals surface area contributed by atoms with Gasteiger partial charge in [0, 0.05) is 23.4 Å². The van der Waals surface area contributed by atoms with Crippen LogP contribution < -0.4 is 24.6 Å². The number of thioether (sulfide) groups is 1. The molecule has 0 fully saturated rings. The Morgan fingerprint density at radius 3 is 2.65 bits per heavy atom. The Morgan fingerprint density at radius 2 is 2.00 bits per heavy atom. The molecule has 1 aromatic heterocycles. The van der Waals surface area contributed by atoms with E-state index in [1.807, 2.05) is 6.92 Å². The van der Waals surface area contributed by atoms with E-state index < -0.39 is 12.1 Å². The normalized spacial score (nSPS) is 14.3. The number of fused-ring (bicyclic) bond motifs is 3. The standard InChI is InChI=1S/C23H21BrN4O5S/c1-5-32-18-11-14(24)10-16(20(18)33-13(3)30)22-27(12(2)29)17-9-7-6-8-15(17)19-21(31)25-23(34-4)26-28(19)22/h6-11,22H,5H2,1-4H3/p+1/t22-/m0/s1. The van der Waals surface area contributed by atoms with Gasteiger partial charge in [0.2, 0.25) is 11.1 Å². The maximum Gasteiger partial charge on any atom is 0.325 e. The summed E-state index contributed by atoms with van der Waals surface area (Å²) in [6.07, 6.45) is 0.859. The van der Waals surface area contributed by atoms with E-state index in [0.29, 0.717) is 38.8 Å². The summed E-state index contributed by atoms with van der Waals surface area (Å²) in [6.45, 7) is 4.86. The van der Waals surface area contributed by atoms with E-state index in [0.717, 1.165) is 0 Å². The summed E-state index contributed by atoms with van der Waals surface area (Å²) >= 11 is 4.76. The summed E-state index contributed by atoms with van der Waals surface area (Å²) < 4.78 is 13.5. The fourth-order valence-corrected chi connectivity index (χ4v) is 4.80. The second-order valence-corrected chi connectivity index (χ2v) is 9.10. The molecular weight excluding hydrogens is 524 g/mol. The Balaban J connectivity index is 2.13. The van der Waals surface area contributed by atoms with Gasteiger partial charge >= 0.3 is 17.2 Å². The molecule has 1 aliphatic rings. The third kappa shape index (κ3) is 4.21. The van der Waals surface area contributed by atoms with E-state index >= 15 is 0 Å². The van der Waals surface area contributed by atoms with Crippen molar-refractivity contribution in [2.75, 3.05) is 17.8 Å². The first-order valence-corrected chi connectivity index (χ1v) is 12.4. The summed E-state index contributed by atoms with van der Waals surface area (Å²) in [6, 6.07) is 10.5. The molecule has 2 aromatic carbocycles. The van der Waals surface area contributed by atoms with Crippen molar-refractivity contribution < 1.29 is 23.7 Å². The molecule has 176 valence electrons. The quantitative estimate of drug-likeness (QED) is 0.226. The molecule has 11 heteroatoms. The van der Waals surface area contributed by atoms with Gasteiger partial charge in [-0.25, -0.2) is 4.90 Å². The molecule has 0 spiro atoms. The molecule has 0 saturated heterocycles. The van der Waals surface area contributed by atoms with Gasteiger partial charge in [0.05, 0.1) is 23.4 Å². The topological polar surface area (TPSA) is 105 Å². The molecule has 0 bridgehead atoms. The molecular formula is C23H22BrN4O5S+. The van der Waals surface area contributed by atoms with Gasteiger partial charge in [0.25, 0.3) is 6.17 Å². The number of amides is 1. The number of hydrogen-bond donors (Lipinski definition) is 1. The zero-order valence-corrected chi connectivity index (χ0v) is 21.3. The summed E-state index contributed by atoms with van der Waals surface area (Å²) in [5, 5.41) is 5.01.